The molecule has 0 N–H and O–H groups in total. The third-order valence-corrected chi connectivity index (χ3v) is 1.22. The summed E-state index contributed by atoms with van der Waals surface area (Å²) in [6.45, 7) is 1.74. The second kappa shape index (κ2) is 2.93. The Labute approximate surface area is 64.3 Å². The third-order valence-electron chi connectivity index (χ3n) is 1.22. The summed E-state index contributed by atoms with van der Waals surface area (Å²) >= 11 is 0. The van der Waals surface area contributed by atoms with E-state index in [0.717, 1.165) is 0 Å². The molecule has 0 aliphatic rings. The minimum absolute atomic E-state index is 0.307. The van der Waals surface area contributed by atoms with Crippen LogP contribution in [0.1, 0.15) is 21.7 Å². The van der Waals surface area contributed by atoms with Crippen molar-refractivity contribution >= 4 is 6.29 Å². The molecule has 0 aliphatic heterocycles. The lowest BCUT2D eigenvalue weighted by molar-refractivity contribution is 0.111. The van der Waals surface area contributed by atoms with Crippen molar-refractivity contribution in [2.75, 3.05) is 0 Å². The first-order valence-corrected chi connectivity index (χ1v) is 3.10. The SMILES string of the molecule is Cc1cc(C#N)cc(C=O)n1. The number of nitrogens with zero attached hydrogens (tertiary/aromatic N) is 2. The van der Waals surface area contributed by atoms with Gasteiger partial charge in [0.1, 0.15) is 5.69 Å². The molecule has 3 heteroatoms. The van der Waals surface area contributed by atoms with Crippen LogP contribution in [-0.2, 0) is 0 Å². The zero-order valence-corrected chi connectivity index (χ0v) is 6.03. The quantitative estimate of drug-likeness (QED) is 0.557. The molecule has 1 rings (SSSR count). The Morgan fingerprint density at radius 3 is 2.91 bits per heavy atom. The number of carbonyl (C=O) groups is 1. The van der Waals surface area contributed by atoms with Crippen LogP contribution in [0.2, 0.25) is 0 Å². The number of hydrogen-bond acceptors (Lipinski definition) is 3. The smallest absolute Gasteiger partial charge is 0.168 e. The summed E-state index contributed by atoms with van der Waals surface area (Å²) in [5.41, 5.74) is 1.47. The van der Waals surface area contributed by atoms with Crippen LogP contribution in [0, 0.1) is 18.3 Å². The topological polar surface area (TPSA) is 53.8 Å². The van der Waals surface area contributed by atoms with E-state index < -0.39 is 0 Å². The van der Waals surface area contributed by atoms with Gasteiger partial charge in [0.25, 0.3) is 0 Å². The molecule has 0 aliphatic carbocycles. The van der Waals surface area contributed by atoms with E-state index in [-0.39, 0.29) is 0 Å². The predicted molar refractivity (Wildman–Crippen MR) is 39.1 cm³/mol. The molecule has 0 saturated carbocycles. The average Bonchev–Trinajstić information content (AvgIpc) is 2.03. The molecule has 1 aromatic rings. The summed E-state index contributed by atoms with van der Waals surface area (Å²) in [6, 6.07) is 5.03. The summed E-state index contributed by atoms with van der Waals surface area (Å²) in [6.07, 6.45) is 0.633. The third kappa shape index (κ3) is 1.62. The molecular weight excluding hydrogens is 140 g/mol. The van der Waals surface area contributed by atoms with Gasteiger partial charge >= 0.3 is 0 Å². The van der Waals surface area contributed by atoms with Crippen LogP contribution >= 0.6 is 0 Å². The van der Waals surface area contributed by atoms with Crippen LogP contribution in [-0.4, -0.2) is 11.3 Å². The second-order valence-electron chi connectivity index (χ2n) is 2.15. The van der Waals surface area contributed by atoms with Crippen molar-refractivity contribution in [3.05, 3.63) is 29.1 Å². The van der Waals surface area contributed by atoms with Gasteiger partial charge in [-0.2, -0.15) is 5.26 Å². The maximum Gasteiger partial charge on any atom is 0.168 e. The number of pyridine rings is 1. The normalized spacial score (nSPS) is 8.73. The molecule has 1 aromatic heterocycles. The molecule has 0 spiro atoms. The number of hydrogen-bond donors (Lipinski definition) is 0. The van der Waals surface area contributed by atoms with Gasteiger partial charge in [0.05, 0.1) is 11.6 Å². The largest absolute Gasteiger partial charge is 0.296 e. The van der Waals surface area contributed by atoms with Gasteiger partial charge in [-0.1, -0.05) is 0 Å². The van der Waals surface area contributed by atoms with Gasteiger partial charge in [0, 0.05) is 5.69 Å². The van der Waals surface area contributed by atoms with Crippen molar-refractivity contribution in [1.29, 1.82) is 5.26 Å². The number of aldehydes is 1. The number of nitriles is 1. The van der Waals surface area contributed by atoms with Crippen molar-refractivity contribution in [2.45, 2.75) is 6.92 Å². The highest BCUT2D eigenvalue weighted by atomic mass is 16.1. The molecule has 0 bridgehead atoms. The molecule has 0 fully saturated rings. The first kappa shape index (κ1) is 7.42. The van der Waals surface area contributed by atoms with Crippen molar-refractivity contribution in [3.63, 3.8) is 0 Å². The summed E-state index contributed by atoms with van der Waals surface area (Å²) in [4.78, 5) is 14.1. The molecule has 0 amide bonds. The Morgan fingerprint density at radius 1 is 1.64 bits per heavy atom. The van der Waals surface area contributed by atoms with E-state index in [1.807, 2.05) is 6.07 Å². The average molecular weight is 146 g/mol. The monoisotopic (exact) mass is 146 g/mol. The fourth-order valence-electron chi connectivity index (χ4n) is 0.819. The van der Waals surface area contributed by atoms with E-state index in [2.05, 4.69) is 4.98 Å². The number of aryl methyl sites for hydroxylation is 1. The first-order chi connectivity index (χ1) is 5.26. The summed E-state index contributed by atoms with van der Waals surface area (Å²) in [5.74, 6) is 0. The second-order valence-corrected chi connectivity index (χ2v) is 2.15. The van der Waals surface area contributed by atoms with Crippen LogP contribution in [0.15, 0.2) is 12.1 Å². The van der Waals surface area contributed by atoms with Gasteiger partial charge in [0.2, 0.25) is 0 Å². The minimum atomic E-state index is 0.307. The molecule has 1 heterocycles. The maximum absolute atomic E-state index is 10.3. The molecule has 54 valence electrons. The van der Waals surface area contributed by atoms with E-state index >= 15 is 0 Å². The molecular formula is C8H6N2O. The minimum Gasteiger partial charge on any atom is -0.296 e. The van der Waals surface area contributed by atoms with E-state index in [0.29, 0.717) is 23.2 Å². The summed E-state index contributed by atoms with van der Waals surface area (Å²) in [5, 5.41) is 8.49. The lowest BCUT2D eigenvalue weighted by Crippen LogP contribution is -1.91. The van der Waals surface area contributed by atoms with Crippen LogP contribution in [0.4, 0.5) is 0 Å². The fourth-order valence-corrected chi connectivity index (χ4v) is 0.819. The van der Waals surface area contributed by atoms with E-state index in [1.165, 1.54) is 6.07 Å². The fraction of sp³-hybridized carbons (Fsp3) is 0.125. The maximum atomic E-state index is 10.3. The van der Waals surface area contributed by atoms with Crippen molar-refractivity contribution < 1.29 is 4.79 Å². The zero-order chi connectivity index (χ0) is 8.27. The Balaban J connectivity index is 3.25. The Bertz CT molecular complexity index is 325. The van der Waals surface area contributed by atoms with Crippen LogP contribution in [0.3, 0.4) is 0 Å². The first-order valence-electron chi connectivity index (χ1n) is 3.10. The van der Waals surface area contributed by atoms with Crippen LogP contribution in [0.25, 0.3) is 0 Å². The van der Waals surface area contributed by atoms with Gasteiger partial charge < -0.3 is 0 Å². The van der Waals surface area contributed by atoms with Gasteiger partial charge in [-0.25, -0.2) is 0 Å². The van der Waals surface area contributed by atoms with Crippen molar-refractivity contribution in [2.24, 2.45) is 0 Å². The van der Waals surface area contributed by atoms with Crippen LogP contribution in [0.5, 0.6) is 0 Å². The number of rotatable bonds is 1. The standard InChI is InChI=1S/C8H6N2O/c1-6-2-7(4-9)3-8(5-11)10-6/h2-3,5H,1H3. The summed E-state index contributed by atoms with van der Waals surface area (Å²) < 4.78 is 0. The predicted octanol–water partition coefficient (Wildman–Crippen LogP) is 1.07. The van der Waals surface area contributed by atoms with Gasteiger partial charge in [-0.05, 0) is 19.1 Å². The number of carbonyl (C=O) groups excluding carboxylic acids is 1. The lowest BCUT2D eigenvalue weighted by atomic mass is 10.2. The molecule has 0 unspecified atom stereocenters. The Hall–Kier alpha value is -1.69. The molecule has 3 nitrogen and oxygen atoms in total. The highest BCUT2D eigenvalue weighted by Gasteiger charge is 1.96. The zero-order valence-electron chi connectivity index (χ0n) is 6.03. The highest BCUT2D eigenvalue weighted by Crippen LogP contribution is 2.01. The van der Waals surface area contributed by atoms with E-state index in [9.17, 15) is 4.79 Å². The van der Waals surface area contributed by atoms with Crippen molar-refractivity contribution in [1.82, 2.24) is 4.98 Å². The Kier molecular flexibility index (Phi) is 1.98. The van der Waals surface area contributed by atoms with Gasteiger partial charge in [-0.15, -0.1) is 0 Å². The molecule has 0 atom stereocenters. The highest BCUT2D eigenvalue weighted by molar-refractivity contribution is 5.72. The summed E-state index contributed by atoms with van der Waals surface area (Å²) in [7, 11) is 0. The number of aromatic nitrogens is 1. The Morgan fingerprint density at radius 2 is 2.36 bits per heavy atom. The molecule has 0 saturated heterocycles. The van der Waals surface area contributed by atoms with Crippen molar-refractivity contribution in [3.8, 4) is 6.07 Å². The molecule has 11 heavy (non-hydrogen) atoms. The molecule has 0 radical (unpaired) electrons. The van der Waals surface area contributed by atoms with Gasteiger partial charge in [-0.3, -0.25) is 9.78 Å². The van der Waals surface area contributed by atoms with E-state index in [4.69, 9.17) is 5.26 Å². The molecule has 0 aromatic carbocycles. The lowest BCUT2D eigenvalue weighted by Gasteiger charge is -1.93. The van der Waals surface area contributed by atoms with E-state index in [1.54, 1.807) is 13.0 Å². The van der Waals surface area contributed by atoms with Crippen LogP contribution < -0.4 is 0 Å². The van der Waals surface area contributed by atoms with Gasteiger partial charge in [0.15, 0.2) is 6.29 Å².